The molecule has 7 heteroatoms. The van der Waals surface area contributed by atoms with Gasteiger partial charge in [0, 0.05) is 55.8 Å². The number of nitrogens with zero attached hydrogens (tertiary/aromatic N) is 3. The molecule has 0 bridgehead atoms. The summed E-state index contributed by atoms with van der Waals surface area (Å²) in [6.45, 7) is 6.09. The Kier molecular flexibility index (Phi) is 5.69. The van der Waals surface area contributed by atoms with E-state index in [9.17, 15) is 9.59 Å². The summed E-state index contributed by atoms with van der Waals surface area (Å²) in [6.07, 6.45) is 0.569. The van der Waals surface area contributed by atoms with Gasteiger partial charge in [-0.3, -0.25) is 9.80 Å². The lowest BCUT2D eigenvalue weighted by atomic mass is 10.1. The van der Waals surface area contributed by atoms with Gasteiger partial charge in [0.1, 0.15) is 6.54 Å². The van der Waals surface area contributed by atoms with Gasteiger partial charge < -0.3 is 5.73 Å². The zero-order chi connectivity index (χ0) is 20.4. The van der Waals surface area contributed by atoms with E-state index in [0.29, 0.717) is 12.1 Å². The molecule has 0 aliphatic carbocycles. The highest BCUT2D eigenvalue weighted by molar-refractivity contribution is 6.30. The smallest absolute Gasteiger partial charge is 0.318 e. The number of halogens is 1. The van der Waals surface area contributed by atoms with Crippen molar-refractivity contribution >= 4 is 29.2 Å². The zero-order valence-electron chi connectivity index (χ0n) is 16.3. The molecule has 4 rings (SSSR count). The number of hydrogen-bond acceptors (Lipinski definition) is 4. The topological polar surface area (TPSA) is 66.6 Å². The number of benzene rings is 2. The first-order chi connectivity index (χ1) is 14.0. The van der Waals surface area contributed by atoms with Gasteiger partial charge in [-0.1, -0.05) is 41.9 Å². The van der Waals surface area contributed by atoms with E-state index in [0.717, 1.165) is 43.3 Å². The fraction of sp³-hybridized carbons (Fsp3) is 0.318. The van der Waals surface area contributed by atoms with E-state index in [1.807, 2.05) is 48.5 Å². The first-order valence-electron chi connectivity index (χ1n) is 9.83. The Hall–Kier alpha value is -2.25. The average Bonchev–Trinajstić information content (AvgIpc) is 3.12. The van der Waals surface area contributed by atoms with Crippen LogP contribution in [0.25, 0.3) is 0 Å². The number of nitrogens with two attached hydrogens (primary N) is 1. The minimum absolute atomic E-state index is 0.186. The number of piperazine rings is 1. The number of imide groups is 1. The monoisotopic (exact) mass is 412 g/mol. The molecule has 1 saturated heterocycles. The highest BCUT2D eigenvalue weighted by Crippen LogP contribution is 2.37. The van der Waals surface area contributed by atoms with Crippen LogP contribution in [-0.4, -0.2) is 54.5 Å². The van der Waals surface area contributed by atoms with Gasteiger partial charge in [0.2, 0.25) is 0 Å². The molecule has 1 unspecified atom stereocenters. The second-order valence-electron chi connectivity index (χ2n) is 7.65. The van der Waals surface area contributed by atoms with Crippen molar-refractivity contribution < 1.29 is 9.59 Å². The molecule has 1 fully saturated rings. The number of fused-ring (bicyclic) bond motifs is 1. The first-order valence-corrected chi connectivity index (χ1v) is 10.2. The molecular formula is C22H25ClN4O2+. The molecule has 3 amide bonds. The van der Waals surface area contributed by atoms with Gasteiger partial charge in [0.05, 0.1) is 0 Å². The molecule has 0 spiro atoms. The van der Waals surface area contributed by atoms with Crippen molar-refractivity contribution in [3.8, 4) is 0 Å². The van der Waals surface area contributed by atoms with E-state index in [4.69, 9.17) is 17.3 Å². The molecular weight excluding hydrogens is 388 g/mol. The van der Waals surface area contributed by atoms with Crippen LogP contribution in [0.15, 0.2) is 48.5 Å². The van der Waals surface area contributed by atoms with Crippen LogP contribution in [0, 0.1) is 6.54 Å². The molecule has 2 N–H and O–H groups in total. The normalized spacial score (nSPS) is 22.4. The van der Waals surface area contributed by atoms with Gasteiger partial charge in [0.25, 0.3) is 0 Å². The largest absolute Gasteiger partial charge is 0.427 e. The third-order valence-electron chi connectivity index (χ3n) is 5.84. The number of carbonyl (C=O) groups is 2. The van der Waals surface area contributed by atoms with Crippen LogP contribution >= 0.6 is 11.6 Å². The van der Waals surface area contributed by atoms with Crippen LogP contribution in [0.4, 0.5) is 10.5 Å². The summed E-state index contributed by atoms with van der Waals surface area (Å²) < 4.78 is -0.485. The van der Waals surface area contributed by atoms with Crippen LogP contribution in [0.2, 0.25) is 5.02 Å². The molecule has 29 heavy (non-hydrogen) atoms. The maximum Gasteiger partial charge on any atom is 0.427 e. The van der Waals surface area contributed by atoms with Crippen molar-refractivity contribution in [2.45, 2.75) is 13.0 Å². The van der Waals surface area contributed by atoms with Crippen LogP contribution in [0.1, 0.15) is 11.1 Å². The summed E-state index contributed by atoms with van der Waals surface area (Å²) in [6, 6.07) is 14.8. The van der Waals surface area contributed by atoms with Crippen molar-refractivity contribution in [2.24, 2.45) is 5.73 Å². The van der Waals surface area contributed by atoms with Gasteiger partial charge in [-0.2, -0.15) is 0 Å². The second kappa shape index (κ2) is 8.24. The number of hydrogen-bond donors (Lipinski definition) is 1. The van der Waals surface area contributed by atoms with Gasteiger partial charge in [-0.25, -0.2) is 9.59 Å². The average molecular weight is 413 g/mol. The number of primary amides is 1. The van der Waals surface area contributed by atoms with Crippen LogP contribution in [0.3, 0.4) is 0 Å². The van der Waals surface area contributed by atoms with E-state index in [1.54, 1.807) is 6.54 Å². The predicted octanol–water partition coefficient (Wildman–Crippen LogP) is 2.79. The van der Waals surface area contributed by atoms with E-state index in [1.165, 1.54) is 5.56 Å². The Balaban J connectivity index is 1.38. The molecule has 2 heterocycles. The van der Waals surface area contributed by atoms with Crippen molar-refractivity contribution in [3.63, 3.8) is 0 Å². The van der Waals surface area contributed by atoms with Crippen molar-refractivity contribution in [1.82, 2.24) is 14.3 Å². The minimum Gasteiger partial charge on any atom is -0.318 e. The lowest BCUT2D eigenvalue weighted by molar-refractivity contribution is -0.127. The number of urea groups is 1. The highest BCUT2D eigenvalue weighted by Gasteiger charge is 2.51. The Morgan fingerprint density at radius 1 is 0.966 bits per heavy atom. The fourth-order valence-corrected chi connectivity index (χ4v) is 4.31. The quantitative estimate of drug-likeness (QED) is 0.784. The van der Waals surface area contributed by atoms with Crippen molar-refractivity contribution in [3.05, 3.63) is 71.2 Å². The second-order valence-corrected chi connectivity index (χ2v) is 8.09. The molecule has 1 radical (unpaired) electrons. The van der Waals surface area contributed by atoms with Gasteiger partial charge >= 0.3 is 11.9 Å². The summed E-state index contributed by atoms with van der Waals surface area (Å²) in [5.41, 5.74) is 8.61. The van der Waals surface area contributed by atoms with Crippen molar-refractivity contribution in [1.29, 1.82) is 0 Å². The molecule has 0 aromatic heterocycles. The summed E-state index contributed by atoms with van der Waals surface area (Å²) >= 11 is 5.95. The van der Waals surface area contributed by atoms with Gasteiger partial charge in [-0.05, 0) is 17.7 Å². The van der Waals surface area contributed by atoms with E-state index in [2.05, 4.69) is 9.80 Å². The highest BCUT2D eigenvalue weighted by atomic mass is 35.5. The number of amides is 3. The molecule has 2 aliphatic heterocycles. The third-order valence-corrected chi connectivity index (χ3v) is 6.09. The van der Waals surface area contributed by atoms with Crippen LogP contribution in [0.5, 0.6) is 0 Å². The molecule has 2 aliphatic rings. The van der Waals surface area contributed by atoms with Crippen molar-refractivity contribution in [2.75, 3.05) is 32.7 Å². The van der Waals surface area contributed by atoms with E-state index in [-0.39, 0.29) is 12.5 Å². The van der Waals surface area contributed by atoms with Crippen LogP contribution < -0.4 is 10.2 Å². The standard InChI is InChI=1S/C22H25ClN4O2/c23-19-7-5-17(6-8-19)15-25-10-12-26(13-11-25)16-21(28)27(22(24)29)14-9-18-3-1-2-4-20(18)27/h1-8,14H,9-13,15-16H2,(H2,24,29)/q+1. The third kappa shape index (κ3) is 3.94. The Morgan fingerprint density at radius 2 is 1.62 bits per heavy atom. The summed E-state index contributed by atoms with van der Waals surface area (Å²) in [5, 5.41) is 0.740. The maximum atomic E-state index is 13.2. The maximum absolute atomic E-state index is 13.2. The summed E-state index contributed by atoms with van der Waals surface area (Å²) in [4.78, 5) is 30.0. The molecule has 2 aromatic carbocycles. The molecule has 6 nitrogen and oxygen atoms in total. The zero-order valence-corrected chi connectivity index (χ0v) is 17.0. The number of rotatable bonds is 4. The fourth-order valence-electron chi connectivity index (χ4n) is 4.19. The Labute approximate surface area is 176 Å². The lowest BCUT2D eigenvalue weighted by Crippen LogP contribution is -2.61. The first kappa shape index (κ1) is 20.0. The SMILES string of the molecule is NC(=O)[N+]1(C(=O)CN2CCN(Cc3ccc(Cl)cc3)CC2)[CH]Cc2ccccc21. The Bertz CT molecular complexity index is 909. The summed E-state index contributed by atoms with van der Waals surface area (Å²) in [5.74, 6) is -0.186. The molecule has 151 valence electrons. The number of quaternary nitrogens is 1. The lowest BCUT2D eigenvalue weighted by Gasteiger charge is -2.35. The molecule has 2 aromatic rings. The number of carbonyl (C=O) groups excluding carboxylic acids is 2. The number of para-hydroxylation sites is 1. The van der Waals surface area contributed by atoms with Crippen LogP contribution in [-0.2, 0) is 17.8 Å². The molecule has 0 saturated carbocycles. The van der Waals surface area contributed by atoms with Gasteiger partial charge in [0.15, 0.2) is 12.2 Å². The Morgan fingerprint density at radius 3 is 2.31 bits per heavy atom. The molecule has 1 atom stereocenters. The minimum atomic E-state index is -0.638. The van der Waals surface area contributed by atoms with E-state index < -0.39 is 10.5 Å². The van der Waals surface area contributed by atoms with E-state index >= 15 is 0 Å². The summed E-state index contributed by atoms with van der Waals surface area (Å²) in [7, 11) is 0. The predicted molar refractivity (Wildman–Crippen MR) is 114 cm³/mol. The van der Waals surface area contributed by atoms with Gasteiger partial charge in [-0.15, -0.1) is 4.48 Å².